The van der Waals surface area contributed by atoms with E-state index in [0.717, 1.165) is 21.8 Å². The van der Waals surface area contributed by atoms with E-state index in [1.165, 1.54) is 0 Å². The van der Waals surface area contributed by atoms with Crippen molar-refractivity contribution in [1.82, 2.24) is 14.9 Å². The Morgan fingerprint density at radius 1 is 0.939 bits per heavy atom. The quantitative estimate of drug-likeness (QED) is 0.379. The molecule has 8 heteroatoms. The Morgan fingerprint density at radius 2 is 1.70 bits per heavy atom. The Labute approximate surface area is 189 Å². The van der Waals surface area contributed by atoms with Crippen LogP contribution in [0.1, 0.15) is 17.5 Å². The second-order valence-electron chi connectivity index (χ2n) is 7.79. The number of ether oxygens (including phenoxy) is 2. The first-order valence-electron chi connectivity index (χ1n) is 10.6. The van der Waals surface area contributed by atoms with Gasteiger partial charge in [0.1, 0.15) is 0 Å². The molecule has 5 rings (SSSR count). The topological polar surface area (TPSA) is 106 Å². The zero-order valence-electron chi connectivity index (χ0n) is 18.3. The van der Waals surface area contributed by atoms with Crippen LogP contribution in [0.2, 0.25) is 0 Å². The maximum atomic E-state index is 13.1. The molecule has 0 aliphatic carbocycles. The van der Waals surface area contributed by atoms with Crippen LogP contribution < -0.4 is 14.8 Å². The van der Waals surface area contributed by atoms with Crippen molar-refractivity contribution in [2.45, 2.75) is 13.0 Å². The van der Waals surface area contributed by atoms with Gasteiger partial charge in [0.05, 0.1) is 30.9 Å². The molecule has 0 radical (unpaired) electrons. The summed E-state index contributed by atoms with van der Waals surface area (Å²) in [6, 6.07) is 11.3. The summed E-state index contributed by atoms with van der Waals surface area (Å²) >= 11 is 0. The maximum Gasteiger partial charge on any atom is 0.259 e. The van der Waals surface area contributed by atoms with Crippen molar-refractivity contribution < 1.29 is 24.2 Å². The molecule has 0 saturated carbocycles. The van der Waals surface area contributed by atoms with Gasteiger partial charge in [-0.1, -0.05) is 18.2 Å². The second kappa shape index (κ2) is 8.14. The summed E-state index contributed by atoms with van der Waals surface area (Å²) < 4.78 is 13.1. The molecule has 168 valence electrons. The molecule has 0 atom stereocenters. The standard InChI is InChI=1S/C25H23N3O5/c1-32-19-9-8-15-17(13-28(10-5-11-29)22(15)23(19)33-2)21-20(24(30)27-25(21)31)16-12-26-18-7-4-3-6-14(16)18/h3-4,6-9,12-13,26,29H,5,10-11H2,1-2H3,(H,27,30,31). The molecule has 33 heavy (non-hydrogen) atoms. The summed E-state index contributed by atoms with van der Waals surface area (Å²) in [4.78, 5) is 29.2. The summed E-state index contributed by atoms with van der Waals surface area (Å²) in [7, 11) is 3.12. The molecule has 0 fully saturated rings. The first kappa shape index (κ1) is 20.8. The summed E-state index contributed by atoms with van der Waals surface area (Å²) in [5.74, 6) is 0.198. The summed E-state index contributed by atoms with van der Waals surface area (Å²) in [6.45, 7) is 0.519. The van der Waals surface area contributed by atoms with Gasteiger partial charge >= 0.3 is 0 Å². The van der Waals surface area contributed by atoms with Crippen molar-refractivity contribution >= 4 is 44.8 Å². The Balaban J connectivity index is 1.83. The van der Waals surface area contributed by atoms with E-state index in [0.29, 0.717) is 46.7 Å². The lowest BCUT2D eigenvalue weighted by atomic mass is 9.95. The van der Waals surface area contributed by atoms with Crippen molar-refractivity contribution in [2.24, 2.45) is 0 Å². The molecule has 2 aromatic heterocycles. The average Bonchev–Trinajstić information content (AvgIpc) is 3.49. The van der Waals surface area contributed by atoms with Gasteiger partial charge in [-0.05, 0) is 24.6 Å². The Morgan fingerprint density at radius 3 is 2.42 bits per heavy atom. The first-order chi connectivity index (χ1) is 16.1. The Bertz CT molecular complexity index is 1440. The van der Waals surface area contributed by atoms with E-state index in [1.54, 1.807) is 26.5 Å². The van der Waals surface area contributed by atoms with Gasteiger partial charge in [0.2, 0.25) is 0 Å². The van der Waals surface area contributed by atoms with Crippen LogP contribution in [0.5, 0.6) is 11.5 Å². The number of benzene rings is 2. The monoisotopic (exact) mass is 445 g/mol. The lowest BCUT2D eigenvalue weighted by Gasteiger charge is -2.12. The maximum absolute atomic E-state index is 13.1. The number of hydrogen-bond donors (Lipinski definition) is 3. The average molecular weight is 445 g/mol. The van der Waals surface area contributed by atoms with Gasteiger partial charge in [-0.15, -0.1) is 0 Å². The van der Waals surface area contributed by atoms with E-state index in [4.69, 9.17) is 9.47 Å². The van der Waals surface area contributed by atoms with Crippen LogP contribution in [0.25, 0.3) is 33.0 Å². The largest absolute Gasteiger partial charge is 0.493 e. The zero-order valence-corrected chi connectivity index (χ0v) is 18.3. The lowest BCUT2D eigenvalue weighted by Crippen LogP contribution is -2.22. The third kappa shape index (κ3) is 3.18. The number of aliphatic hydroxyl groups excluding tert-OH is 1. The number of carbonyl (C=O) groups is 2. The van der Waals surface area contributed by atoms with E-state index >= 15 is 0 Å². The highest BCUT2D eigenvalue weighted by Gasteiger charge is 2.35. The predicted octanol–water partition coefficient (Wildman–Crippen LogP) is 3.09. The van der Waals surface area contributed by atoms with Gasteiger partial charge in [0.15, 0.2) is 11.5 Å². The van der Waals surface area contributed by atoms with E-state index < -0.39 is 11.8 Å². The number of methoxy groups -OCH3 is 2. The second-order valence-corrected chi connectivity index (χ2v) is 7.79. The number of fused-ring (bicyclic) bond motifs is 2. The molecule has 2 aromatic carbocycles. The fourth-order valence-corrected chi connectivity index (χ4v) is 4.57. The van der Waals surface area contributed by atoms with Crippen LogP contribution in [0.4, 0.5) is 0 Å². The SMILES string of the molecule is COc1ccc2c(C3=C(c4c[nH]c5ccccc45)C(=O)NC3=O)cn(CCCO)c2c1OC. The van der Waals surface area contributed by atoms with Crippen LogP contribution in [0, 0.1) is 0 Å². The predicted molar refractivity (Wildman–Crippen MR) is 125 cm³/mol. The minimum absolute atomic E-state index is 0.0174. The highest BCUT2D eigenvalue weighted by atomic mass is 16.5. The van der Waals surface area contributed by atoms with E-state index in [9.17, 15) is 14.7 Å². The molecular formula is C25H23N3O5. The fourth-order valence-electron chi connectivity index (χ4n) is 4.57. The number of H-pyrrole nitrogens is 1. The number of nitrogens with zero attached hydrogens (tertiary/aromatic N) is 1. The number of amides is 2. The molecule has 2 amide bonds. The molecule has 4 aromatic rings. The molecule has 1 aliphatic heterocycles. The van der Waals surface area contributed by atoms with Crippen molar-refractivity contribution in [2.75, 3.05) is 20.8 Å². The number of para-hydroxylation sites is 1. The molecule has 1 aliphatic rings. The highest BCUT2D eigenvalue weighted by molar-refractivity contribution is 6.50. The molecule has 3 heterocycles. The van der Waals surface area contributed by atoms with Gasteiger partial charge in [-0.2, -0.15) is 0 Å². The Kier molecular flexibility index (Phi) is 5.14. The van der Waals surface area contributed by atoms with Crippen LogP contribution in [0.3, 0.4) is 0 Å². The van der Waals surface area contributed by atoms with Crippen LogP contribution in [-0.4, -0.2) is 47.3 Å². The van der Waals surface area contributed by atoms with Gasteiger partial charge < -0.3 is 24.1 Å². The molecule has 0 saturated heterocycles. The van der Waals surface area contributed by atoms with E-state index in [-0.39, 0.29) is 6.61 Å². The summed E-state index contributed by atoms with van der Waals surface area (Å²) in [5, 5.41) is 13.5. The number of carbonyl (C=O) groups excluding carboxylic acids is 2. The van der Waals surface area contributed by atoms with Crippen molar-refractivity contribution in [3.05, 3.63) is 59.9 Å². The lowest BCUT2D eigenvalue weighted by molar-refractivity contribution is -0.122. The number of aromatic amines is 1. The third-order valence-electron chi connectivity index (χ3n) is 6.00. The molecule has 0 unspecified atom stereocenters. The highest BCUT2D eigenvalue weighted by Crippen LogP contribution is 2.43. The summed E-state index contributed by atoms with van der Waals surface area (Å²) in [5.41, 5.74) is 3.54. The number of rotatable bonds is 7. The number of aryl methyl sites for hydroxylation is 1. The number of aliphatic hydroxyl groups is 1. The van der Waals surface area contributed by atoms with Gasteiger partial charge in [0.25, 0.3) is 11.8 Å². The van der Waals surface area contributed by atoms with Gasteiger partial charge in [-0.3, -0.25) is 14.9 Å². The molecule has 3 N–H and O–H groups in total. The van der Waals surface area contributed by atoms with E-state index in [2.05, 4.69) is 10.3 Å². The Hall–Kier alpha value is -4.04. The third-order valence-corrected chi connectivity index (χ3v) is 6.00. The van der Waals surface area contributed by atoms with Crippen LogP contribution in [-0.2, 0) is 16.1 Å². The zero-order chi connectivity index (χ0) is 23.1. The van der Waals surface area contributed by atoms with Crippen LogP contribution >= 0.6 is 0 Å². The number of aromatic nitrogens is 2. The minimum atomic E-state index is -0.448. The normalized spacial score (nSPS) is 13.9. The smallest absolute Gasteiger partial charge is 0.259 e. The first-order valence-corrected chi connectivity index (χ1v) is 10.6. The number of nitrogens with one attached hydrogen (secondary N) is 2. The molecule has 0 bridgehead atoms. The van der Waals surface area contributed by atoms with Crippen molar-refractivity contribution in [1.29, 1.82) is 0 Å². The number of imide groups is 1. The van der Waals surface area contributed by atoms with Gasteiger partial charge in [0, 0.05) is 53.0 Å². The van der Waals surface area contributed by atoms with Crippen LogP contribution in [0.15, 0.2) is 48.8 Å². The number of hydrogen-bond acceptors (Lipinski definition) is 5. The van der Waals surface area contributed by atoms with Crippen molar-refractivity contribution in [3.63, 3.8) is 0 Å². The summed E-state index contributed by atoms with van der Waals surface area (Å²) in [6.07, 6.45) is 4.11. The molecule has 8 nitrogen and oxygen atoms in total. The van der Waals surface area contributed by atoms with E-state index in [1.807, 2.05) is 41.1 Å². The van der Waals surface area contributed by atoms with Crippen molar-refractivity contribution in [3.8, 4) is 11.5 Å². The fraction of sp³-hybridized carbons (Fsp3) is 0.200. The van der Waals surface area contributed by atoms with Gasteiger partial charge in [-0.25, -0.2) is 0 Å². The molecular weight excluding hydrogens is 422 g/mol. The molecule has 0 spiro atoms. The minimum Gasteiger partial charge on any atom is -0.493 e.